The Morgan fingerprint density at radius 2 is 2.10 bits per heavy atom. The van der Waals surface area contributed by atoms with E-state index in [1.807, 2.05) is 0 Å². The minimum atomic E-state index is 0.606. The van der Waals surface area contributed by atoms with Gasteiger partial charge in [0.25, 0.3) is 0 Å². The van der Waals surface area contributed by atoms with Crippen LogP contribution >= 0.6 is 15.9 Å². The zero-order valence-electron chi connectivity index (χ0n) is 12.7. The molecule has 1 aliphatic rings. The van der Waals surface area contributed by atoms with Crippen LogP contribution in [-0.4, -0.2) is 9.55 Å². The molecule has 4 heteroatoms. The van der Waals surface area contributed by atoms with Gasteiger partial charge in [0, 0.05) is 22.4 Å². The van der Waals surface area contributed by atoms with Crippen LogP contribution in [0.2, 0.25) is 0 Å². The van der Waals surface area contributed by atoms with Crippen LogP contribution in [0.3, 0.4) is 0 Å². The van der Waals surface area contributed by atoms with Gasteiger partial charge in [-0.05, 0) is 49.9 Å². The lowest BCUT2D eigenvalue weighted by Crippen LogP contribution is -2.08. The summed E-state index contributed by atoms with van der Waals surface area (Å²) >= 11 is 3.55. The van der Waals surface area contributed by atoms with Crippen molar-refractivity contribution in [3.63, 3.8) is 0 Å². The number of rotatable bonds is 4. The molecule has 0 unspecified atom stereocenters. The molecule has 0 radical (unpaired) electrons. The van der Waals surface area contributed by atoms with Gasteiger partial charge in [-0.3, -0.25) is 0 Å². The van der Waals surface area contributed by atoms with E-state index in [0.29, 0.717) is 6.04 Å². The summed E-state index contributed by atoms with van der Waals surface area (Å²) in [4.78, 5) is 4.69. The number of anilines is 2. The van der Waals surface area contributed by atoms with Gasteiger partial charge in [-0.25, -0.2) is 4.98 Å². The zero-order chi connectivity index (χ0) is 14.8. The summed E-state index contributed by atoms with van der Waals surface area (Å²) < 4.78 is 3.46. The molecule has 0 atom stereocenters. The molecular weight excluding hydrogens is 326 g/mol. The molecule has 1 aromatic carbocycles. The van der Waals surface area contributed by atoms with Crippen LogP contribution in [0.25, 0.3) is 0 Å². The van der Waals surface area contributed by atoms with E-state index in [9.17, 15) is 0 Å². The summed E-state index contributed by atoms with van der Waals surface area (Å²) in [5, 5.41) is 3.55. The molecule has 1 saturated carbocycles. The highest BCUT2D eigenvalue weighted by Crippen LogP contribution is 2.33. The van der Waals surface area contributed by atoms with Crippen molar-refractivity contribution in [2.24, 2.45) is 0 Å². The van der Waals surface area contributed by atoms with Crippen molar-refractivity contribution in [2.45, 2.75) is 52.0 Å². The second-order valence-corrected chi connectivity index (χ2v) is 6.75. The van der Waals surface area contributed by atoms with E-state index in [4.69, 9.17) is 0 Å². The standard InChI is InChI=1S/C17H22BrN3/c1-3-13-10-14(18)8-9-16(13)20-17-19-12(2)11-21(17)15-6-4-5-7-15/h8-11,15H,3-7H2,1-2H3,(H,19,20). The van der Waals surface area contributed by atoms with Crippen LogP contribution in [0.15, 0.2) is 28.9 Å². The molecule has 2 aromatic rings. The maximum Gasteiger partial charge on any atom is 0.207 e. The van der Waals surface area contributed by atoms with Gasteiger partial charge in [0.05, 0.1) is 5.69 Å². The average Bonchev–Trinajstić information content (AvgIpc) is 3.10. The Hall–Kier alpha value is -1.29. The number of aromatic nitrogens is 2. The molecule has 1 N–H and O–H groups in total. The number of nitrogens with zero attached hydrogens (tertiary/aromatic N) is 2. The maximum atomic E-state index is 4.69. The third-order valence-corrected chi connectivity index (χ3v) is 4.76. The number of benzene rings is 1. The summed E-state index contributed by atoms with van der Waals surface area (Å²) in [5.41, 5.74) is 3.55. The molecule has 0 spiro atoms. The van der Waals surface area contributed by atoms with Crippen LogP contribution in [0.5, 0.6) is 0 Å². The summed E-state index contributed by atoms with van der Waals surface area (Å²) in [6.07, 6.45) is 8.39. The SMILES string of the molecule is CCc1cc(Br)ccc1Nc1nc(C)cn1C1CCCC1. The molecular formula is C17H22BrN3. The third-order valence-electron chi connectivity index (χ3n) is 4.27. The van der Waals surface area contributed by atoms with Crippen LogP contribution in [0.1, 0.15) is 49.9 Å². The van der Waals surface area contributed by atoms with Gasteiger partial charge in [0.1, 0.15) is 0 Å². The van der Waals surface area contributed by atoms with Gasteiger partial charge in [0.15, 0.2) is 0 Å². The summed E-state index contributed by atoms with van der Waals surface area (Å²) in [5.74, 6) is 0.983. The van der Waals surface area contributed by atoms with Crippen molar-refractivity contribution < 1.29 is 0 Å². The van der Waals surface area contributed by atoms with Crippen molar-refractivity contribution in [3.05, 3.63) is 40.1 Å². The molecule has 1 fully saturated rings. The van der Waals surface area contributed by atoms with Crippen LogP contribution in [-0.2, 0) is 6.42 Å². The number of hydrogen-bond donors (Lipinski definition) is 1. The van der Waals surface area contributed by atoms with Gasteiger partial charge in [-0.15, -0.1) is 0 Å². The van der Waals surface area contributed by atoms with E-state index in [0.717, 1.165) is 28.2 Å². The monoisotopic (exact) mass is 347 g/mol. The Labute approximate surface area is 134 Å². The van der Waals surface area contributed by atoms with E-state index in [1.165, 1.54) is 31.2 Å². The molecule has 0 amide bonds. The molecule has 3 nitrogen and oxygen atoms in total. The Bertz CT molecular complexity index is 627. The molecule has 0 bridgehead atoms. The predicted octanol–water partition coefficient (Wildman–Crippen LogP) is 5.38. The second-order valence-electron chi connectivity index (χ2n) is 5.83. The average molecular weight is 348 g/mol. The number of hydrogen-bond acceptors (Lipinski definition) is 2. The largest absolute Gasteiger partial charge is 0.325 e. The Morgan fingerprint density at radius 3 is 2.81 bits per heavy atom. The van der Waals surface area contributed by atoms with Crippen molar-refractivity contribution >= 4 is 27.6 Å². The van der Waals surface area contributed by atoms with Crippen LogP contribution in [0.4, 0.5) is 11.6 Å². The summed E-state index contributed by atoms with van der Waals surface area (Å²) in [6, 6.07) is 7.00. The molecule has 0 saturated heterocycles. The maximum absolute atomic E-state index is 4.69. The van der Waals surface area contributed by atoms with Gasteiger partial charge in [-0.2, -0.15) is 0 Å². The van der Waals surface area contributed by atoms with E-state index < -0.39 is 0 Å². The molecule has 0 aliphatic heterocycles. The fourth-order valence-corrected chi connectivity index (χ4v) is 3.58. The second kappa shape index (κ2) is 6.22. The fourth-order valence-electron chi connectivity index (χ4n) is 3.17. The zero-order valence-corrected chi connectivity index (χ0v) is 14.3. The predicted molar refractivity (Wildman–Crippen MR) is 91.3 cm³/mol. The molecule has 1 heterocycles. The highest BCUT2D eigenvalue weighted by Gasteiger charge is 2.20. The molecule has 1 aromatic heterocycles. The van der Waals surface area contributed by atoms with Crippen molar-refractivity contribution in [3.8, 4) is 0 Å². The number of imidazole rings is 1. The molecule has 3 rings (SSSR count). The first-order chi connectivity index (χ1) is 10.2. The first-order valence-electron chi connectivity index (χ1n) is 7.78. The minimum Gasteiger partial charge on any atom is -0.325 e. The summed E-state index contributed by atoms with van der Waals surface area (Å²) in [6.45, 7) is 4.25. The Kier molecular flexibility index (Phi) is 4.34. The van der Waals surface area contributed by atoms with E-state index in [1.54, 1.807) is 0 Å². The first kappa shape index (κ1) is 14.6. The Morgan fingerprint density at radius 1 is 1.33 bits per heavy atom. The molecule has 112 valence electrons. The van der Waals surface area contributed by atoms with E-state index in [2.05, 4.69) is 69.0 Å². The molecule has 21 heavy (non-hydrogen) atoms. The third kappa shape index (κ3) is 3.15. The smallest absolute Gasteiger partial charge is 0.207 e. The van der Waals surface area contributed by atoms with Crippen LogP contribution in [0, 0.1) is 6.92 Å². The van der Waals surface area contributed by atoms with Crippen LogP contribution < -0.4 is 5.32 Å². The van der Waals surface area contributed by atoms with Gasteiger partial charge < -0.3 is 9.88 Å². The lowest BCUT2D eigenvalue weighted by molar-refractivity contribution is 0.524. The lowest BCUT2D eigenvalue weighted by Gasteiger charge is -2.17. The number of aryl methyl sites for hydroxylation is 2. The highest BCUT2D eigenvalue weighted by atomic mass is 79.9. The Balaban J connectivity index is 1.91. The number of nitrogens with one attached hydrogen (secondary N) is 1. The topological polar surface area (TPSA) is 29.9 Å². The van der Waals surface area contributed by atoms with Gasteiger partial charge in [0.2, 0.25) is 5.95 Å². The van der Waals surface area contributed by atoms with Gasteiger partial charge >= 0.3 is 0 Å². The van der Waals surface area contributed by atoms with Gasteiger partial charge in [-0.1, -0.05) is 35.7 Å². The lowest BCUT2D eigenvalue weighted by atomic mass is 10.1. The van der Waals surface area contributed by atoms with Crippen molar-refractivity contribution in [1.82, 2.24) is 9.55 Å². The molecule has 1 aliphatic carbocycles. The normalized spacial score (nSPS) is 15.6. The highest BCUT2D eigenvalue weighted by molar-refractivity contribution is 9.10. The van der Waals surface area contributed by atoms with Crippen molar-refractivity contribution in [2.75, 3.05) is 5.32 Å². The quantitative estimate of drug-likeness (QED) is 0.804. The van der Waals surface area contributed by atoms with E-state index >= 15 is 0 Å². The number of halogens is 1. The first-order valence-corrected chi connectivity index (χ1v) is 8.57. The fraction of sp³-hybridized carbons (Fsp3) is 0.471. The minimum absolute atomic E-state index is 0.606. The van der Waals surface area contributed by atoms with Crippen molar-refractivity contribution in [1.29, 1.82) is 0 Å². The van der Waals surface area contributed by atoms with E-state index in [-0.39, 0.29) is 0 Å². The summed E-state index contributed by atoms with van der Waals surface area (Å²) in [7, 11) is 0.